The molecular formula is C23H39IN4O2. The monoisotopic (exact) mass is 530 g/mol. The number of halogens is 1. The molecule has 30 heavy (non-hydrogen) atoms. The standard InChI is InChI=1S/C23H38N4O2.HI/c1-4-24-23(25-17-18(2)29-22-11-9-21(28-3)10-12-22)26-19-13-15-27(16-14-19)20-7-5-6-8-20;/h9-12,18-20H,4-8,13-17H2,1-3H3,(H2,24,25,26);1H. The number of benzene rings is 1. The molecule has 2 aliphatic rings. The molecule has 2 N–H and O–H groups in total. The molecule has 1 aromatic rings. The van der Waals surface area contributed by atoms with Crippen LogP contribution in [0.1, 0.15) is 52.4 Å². The van der Waals surface area contributed by atoms with Crippen LogP contribution < -0.4 is 20.1 Å². The lowest BCUT2D eigenvalue weighted by atomic mass is 10.0. The van der Waals surface area contributed by atoms with E-state index in [9.17, 15) is 0 Å². The van der Waals surface area contributed by atoms with Crippen molar-refractivity contribution >= 4 is 29.9 Å². The number of guanidine groups is 1. The summed E-state index contributed by atoms with van der Waals surface area (Å²) in [4.78, 5) is 7.47. The van der Waals surface area contributed by atoms with Crippen LogP contribution in [0.2, 0.25) is 0 Å². The molecule has 6 nitrogen and oxygen atoms in total. The third-order valence-electron chi connectivity index (χ3n) is 5.96. The van der Waals surface area contributed by atoms with Gasteiger partial charge < -0.3 is 25.0 Å². The van der Waals surface area contributed by atoms with E-state index in [0.717, 1.165) is 30.0 Å². The number of rotatable bonds is 8. The second-order valence-corrected chi connectivity index (χ2v) is 8.22. The number of piperidine rings is 1. The summed E-state index contributed by atoms with van der Waals surface area (Å²) < 4.78 is 11.2. The molecule has 0 aromatic heterocycles. The van der Waals surface area contributed by atoms with Crippen LogP contribution in [0.25, 0.3) is 0 Å². The van der Waals surface area contributed by atoms with Gasteiger partial charge in [0.05, 0.1) is 13.7 Å². The molecule has 3 rings (SSSR count). The number of methoxy groups -OCH3 is 1. The number of nitrogens with zero attached hydrogens (tertiary/aromatic N) is 2. The summed E-state index contributed by atoms with van der Waals surface area (Å²) in [6.07, 6.45) is 8.01. The number of aliphatic imine (C=N–C) groups is 1. The average Bonchev–Trinajstić information content (AvgIpc) is 3.28. The molecule has 0 bridgehead atoms. The molecule has 0 spiro atoms. The zero-order chi connectivity index (χ0) is 20.5. The van der Waals surface area contributed by atoms with E-state index in [4.69, 9.17) is 14.5 Å². The van der Waals surface area contributed by atoms with Gasteiger partial charge in [0, 0.05) is 31.7 Å². The smallest absolute Gasteiger partial charge is 0.191 e. The van der Waals surface area contributed by atoms with Crippen molar-refractivity contribution in [3.8, 4) is 11.5 Å². The Hall–Kier alpha value is -1.22. The number of nitrogens with one attached hydrogen (secondary N) is 2. The lowest BCUT2D eigenvalue weighted by Gasteiger charge is -2.36. The van der Waals surface area contributed by atoms with Crippen molar-refractivity contribution in [2.24, 2.45) is 4.99 Å². The van der Waals surface area contributed by atoms with E-state index < -0.39 is 0 Å². The Morgan fingerprint density at radius 1 is 1.10 bits per heavy atom. The van der Waals surface area contributed by atoms with Crippen LogP contribution in [-0.2, 0) is 0 Å². The van der Waals surface area contributed by atoms with Gasteiger partial charge in [-0.05, 0) is 63.8 Å². The highest BCUT2D eigenvalue weighted by Crippen LogP contribution is 2.26. The van der Waals surface area contributed by atoms with Gasteiger partial charge in [-0.3, -0.25) is 0 Å². The average molecular weight is 530 g/mol. The van der Waals surface area contributed by atoms with Gasteiger partial charge in [-0.2, -0.15) is 0 Å². The number of hydrogen-bond donors (Lipinski definition) is 2. The minimum Gasteiger partial charge on any atom is -0.497 e. The molecular weight excluding hydrogens is 491 g/mol. The Bertz CT molecular complexity index is 627. The van der Waals surface area contributed by atoms with Crippen LogP contribution >= 0.6 is 24.0 Å². The zero-order valence-electron chi connectivity index (χ0n) is 18.7. The normalized spacial score (nSPS) is 19.8. The minimum atomic E-state index is 0. The second-order valence-electron chi connectivity index (χ2n) is 8.22. The maximum atomic E-state index is 5.98. The third kappa shape index (κ3) is 7.80. The fourth-order valence-electron chi connectivity index (χ4n) is 4.34. The lowest BCUT2D eigenvalue weighted by molar-refractivity contribution is 0.150. The van der Waals surface area contributed by atoms with Gasteiger partial charge >= 0.3 is 0 Å². The van der Waals surface area contributed by atoms with Crippen LogP contribution in [0.15, 0.2) is 29.3 Å². The van der Waals surface area contributed by atoms with E-state index >= 15 is 0 Å². The molecule has 170 valence electrons. The quantitative estimate of drug-likeness (QED) is 0.302. The Labute approximate surface area is 199 Å². The van der Waals surface area contributed by atoms with E-state index in [2.05, 4.69) is 29.4 Å². The van der Waals surface area contributed by atoms with Crippen molar-refractivity contribution in [1.82, 2.24) is 15.5 Å². The summed E-state index contributed by atoms with van der Waals surface area (Å²) in [5, 5.41) is 7.03. The Balaban J connectivity index is 0.00000320. The zero-order valence-corrected chi connectivity index (χ0v) is 21.1. The largest absolute Gasteiger partial charge is 0.497 e. The molecule has 1 heterocycles. The highest BCUT2D eigenvalue weighted by molar-refractivity contribution is 14.0. The molecule has 0 amide bonds. The molecule has 2 fully saturated rings. The van der Waals surface area contributed by atoms with Crippen LogP contribution in [0.4, 0.5) is 0 Å². The molecule has 7 heteroatoms. The van der Waals surface area contributed by atoms with Crippen molar-refractivity contribution in [2.45, 2.75) is 70.6 Å². The van der Waals surface area contributed by atoms with Gasteiger partial charge in [0.15, 0.2) is 5.96 Å². The topological polar surface area (TPSA) is 58.1 Å². The fraction of sp³-hybridized carbons (Fsp3) is 0.696. The van der Waals surface area contributed by atoms with E-state index in [0.29, 0.717) is 12.6 Å². The third-order valence-corrected chi connectivity index (χ3v) is 5.96. The second kappa shape index (κ2) is 13.2. The first-order valence-corrected chi connectivity index (χ1v) is 11.3. The van der Waals surface area contributed by atoms with Gasteiger partial charge in [0.1, 0.15) is 17.6 Å². The molecule has 1 saturated heterocycles. The van der Waals surface area contributed by atoms with Gasteiger partial charge in [0.25, 0.3) is 0 Å². The Morgan fingerprint density at radius 3 is 2.33 bits per heavy atom. The molecule has 1 aliphatic carbocycles. The Kier molecular flexibility index (Phi) is 11.1. The van der Waals surface area contributed by atoms with E-state index in [1.807, 2.05) is 24.3 Å². The number of hydrogen-bond acceptors (Lipinski definition) is 4. The summed E-state index contributed by atoms with van der Waals surface area (Å²) in [6.45, 7) is 8.05. The highest BCUT2D eigenvalue weighted by Gasteiger charge is 2.27. The van der Waals surface area contributed by atoms with Gasteiger partial charge in [0.2, 0.25) is 0 Å². The first kappa shape index (κ1) is 25.0. The van der Waals surface area contributed by atoms with Gasteiger partial charge in [-0.15, -0.1) is 24.0 Å². The molecule has 1 saturated carbocycles. The first-order valence-electron chi connectivity index (χ1n) is 11.3. The molecule has 1 aromatic carbocycles. The van der Waals surface area contributed by atoms with Crippen LogP contribution in [0.3, 0.4) is 0 Å². The van der Waals surface area contributed by atoms with Crippen molar-refractivity contribution in [1.29, 1.82) is 0 Å². The predicted molar refractivity (Wildman–Crippen MR) is 134 cm³/mol. The van der Waals surface area contributed by atoms with Crippen molar-refractivity contribution in [3.63, 3.8) is 0 Å². The van der Waals surface area contributed by atoms with Gasteiger partial charge in [-0.25, -0.2) is 4.99 Å². The predicted octanol–water partition coefficient (Wildman–Crippen LogP) is 4.04. The maximum absolute atomic E-state index is 5.98. The summed E-state index contributed by atoms with van der Waals surface area (Å²) in [7, 11) is 1.67. The minimum absolute atomic E-state index is 0. The number of likely N-dealkylation sites (tertiary alicyclic amines) is 1. The number of ether oxygens (including phenoxy) is 2. The lowest BCUT2D eigenvalue weighted by Crippen LogP contribution is -2.50. The maximum Gasteiger partial charge on any atom is 0.191 e. The Morgan fingerprint density at radius 2 is 1.73 bits per heavy atom. The van der Waals surface area contributed by atoms with Crippen LogP contribution in [0.5, 0.6) is 11.5 Å². The fourth-order valence-corrected chi connectivity index (χ4v) is 4.34. The van der Waals surface area contributed by atoms with Crippen molar-refractivity contribution < 1.29 is 9.47 Å². The van der Waals surface area contributed by atoms with E-state index in [1.54, 1.807) is 7.11 Å². The SMILES string of the molecule is CCNC(=NCC(C)Oc1ccc(OC)cc1)NC1CCN(C2CCCC2)CC1.I. The molecule has 1 atom stereocenters. The molecule has 1 unspecified atom stereocenters. The van der Waals surface area contributed by atoms with Gasteiger partial charge in [-0.1, -0.05) is 12.8 Å². The van der Waals surface area contributed by atoms with Crippen molar-refractivity contribution in [3.05, 3.63) is 24.3 Å². The summed E-state index contributed by atoms with van der Waals surface area (Å²) in [5.74, 6) is 2.57. The van der Waals surface area contributed by atoms with E-state index in [1.165, 1.54) is 51.6 Å². The molecule has 0 radical (unpaired) electrons. The van der Waals surface area contributed by atoms with E-state index in [-0.39, 0.29) is 30.1 Å². The summed E-state index contributed by atoms with van der Waals surface area (Å²) >= 11 is 0. The summed E-state index contributed by atoms with van der Waals surface area (Å²) in [5.41, 5.74) is 0. The molecule has 1 aliphatic heterocycles. The van der Waals surface area contributed by atoms with Crippen molar-refractivity contribution in [2.75, 3.05) is 33.3 Å². The van der Waals surface area contributed by atoms with Crippen LogP contribution in [0, 0.1) is 0 Å². The summed E-state index contributed by atoms with van der Waals surface area (Å²) in [6, 6.07) is 9.03. The van der Waals surface area contributed by atoms with Crippen LogP contribution in [-0.4, -0.2) is 62.3 Å². The highest BCUT2D eigenvalue weighted by atomic mass is 127. The first-order chi connectivity index (χ1) is 14.2.